The van der Waals surface area contributed by atoms with E-state index in [4.69, 9.17) is 4.74 Å². The van der Waals surface area contributed by atoms with E-state index in [2.05, 4.69) is 10.3 Å². The number of carbonyl (C=O) groups is 3. The molecule has 4 unspecified atom stereocenters. The van der Waals surface area contributed by atoms with Gasteiger partial charge in [0, 0.05) is 27.3 Å². The smallest absolute Gasteiger partial charge is 0.305 e. The maximum Gasteiger partial charge on any atom is 0.305 e. The van der Waals surface area contributed by atoms with Crippen molar-refractivity contribution in [3.8, 4) is 5.75 Å². The minimum Gasteiger partial charge on any atom is -0.483 e. The van der Waals surface area contributed by atoms with E-state index in [0.29, 0.717) is 11.4 Å². The summed E-state index contributed by atoms with van der Waals surface area (Å²) in [6, 6.07) is 20.6. The van der Waals surface area contributed by atoms with Gasteiger partial charge in [-0.3, -0.25) is 24.1 Å². The Balaban J connectivity index is 1.13. The molecular weight excluding hydrogens is 614 g/mol. The number of fused-ring (bicyclic) bond motifs is 9. The summed E-state index contributed by atoms with van der Waals surface area (Å²) in [7, 11) is 0. The lowest BCUT2D eigenvalue weighted by Gasteiger charge is -2.43. The zero-order valence-corrected chi connectivity index (χ0v) is 25.7. The molecule has 8 rings (SSSR count). The molecule has 4 aliphatic rings. The highest BCUT2D eigenvalue weighted by atomic mass is 32.2. The number of hydrogen-bond donors (Lipinski definition) is 2. The van der Waals surface area contributed by atoms with Gasteiger partial charge in [0.1, 0.15) is 11.6 Å². The van der Waals surface area contributed by atoms with E-state index in [0.717, 1.165) is 33.1 Å². The van der Waals surface area contributed by atoms with Crippen molar-refractivity contribution in [3.05, 3.63) is 104 Å². The lowest BCUT2D eigenvalue weighted by Crippen LogP contribution is -2.42. The molecule has 2 aliphatic carbocycles. The third-order valence-electron chi connectivity index (χ3n) is 9.84. The van der Waals surface area contributed by atoms with Gasteiger partial charge >= 0.3 is 4.87 Å². The van der Waals surface area contributed by atoms with E-state index in [9.17, 15) is 23.6 Å². The second kappa shape index (κ2) is 10.7. The van der Waals surface area contributed by atoms with E-state index < -0.39 is 17.7 Å². The van der Waals surface area contributed by atoms with Crippen LogP contribution in [0.1, 0.15) is 28.3 Å². The number of nitrogens with one attached hydrogen (secondary N) is 2. The number of H-pyrrole nitrogens is 1. The van der Waals surface area contributed by atoms with Crippen LogP contribution < -0.4 is 19.8 Å². The first-order valence-electron chi connectivity index (χ1n) is 14.9. The molecule has 2 bridgehead atoms. The van der Waals surface area contributed by atoms with Crippen LogP contribution in [-0.4, -0.2) is 34.6 Å². The van der Waals surface area contributed by atoms with Crippen LogP contribution in [0.4, 0.5) is 15.8 Å². The molecule has 1 saturated heterocycles. The van der Waals surface area contributed by atoms with E-state index in [-0.39, 0.29) is 58.1 Å². The van der Waals surface area contributed by atoms with Crippen molar-refractivity contribution in [3.63, 3.8) is 0 Å². The number of anilines is 2. The first-order valence-corrected chi connectivity index (χ1v) is 16.6. The van der Waals surface area contributed by atoms with Gasteiger partial charge in [0.2, 0.25) is 11.8 Å². The molecule has 1 aromatic heterocycles. The van der Waals surface area contributed by atoms with E-state index in [1.165, 1.54) is 40.5 Å². The molecule has 2 saturated carbocycles. The normalized spacial score (nSPS) is 27.7. The van der Waals surface area contributed by atoms with Crippen LogP contribution in [0.2, 0.25) is 0 Å². The van der Waals surface area contributed by atoms with E-state index >= 15 is 0 Å². The number of aryl methyl sites for hydroxylation is 1. The third kappa shape index (κ3) is 4.46. The Morgan fingerprint density at radius 1 is 0.978 bits per heavy atom. The number of ether oxygens (including phenoxy) is 1. The molecule has 8 nitrogen and oxygen atoms in total. The average Bonchev–Trinajstić information content (AvgIpc) is 3.77. The number of halogens is 1. The van der Waals surface area contributed by atoms with Gasteiger partial charge in [0.25, 0.3) is 5.91 Å². The fourth-order valence-electron chi connectivity index (χ4n) is 8.12. The quantitative estimate of drug-likeness (QED) is 0.266. The summed E-state index contributed by atoms with van der Waals surface area (Å²) < 4.78 is 19.8. The Morgan fingerprint density at radius 2 is 1.69 bits per heavy atom. The maximum absolute atomic E-state index is 13.9. The number of para-hydroxylation sites is 2. The molecule has 45 heavy (non-hydrogen) atoms. The van der Waals surface area contributed by atoms with Crippen LogP contribution in [0.5, 0.6) is 5.75 Å². The molecule has 3 amide bonds. The number of nitrogens with zero attached hydrogens (tertiary/aromatic N) is 1. The summed E-state index contributed by atoms with van der Waals surface area (Å²) in [5, 5.41) is 3.70. The highest BCUT2D eigenvalue weighted by Crippen LogP contribution is 2.69. The Labute approximate surface area is 266 Å². The lowest BCUT2D eigenvalue weighted by molar-refractivity contribution is -0.123. The van der Waals surface area contributed by atoms with Crippen LogP contribution in [0.15, 0.2) is 82.6 Å². The van der Waals surface area contributed by atoms with Crippen LogP contribution in [-0.2, 0) is 14.4 Å². The molecule has 3 heterocycles. The summed E-state index contributed by atoms with van der Waals surface area (Å²) in [6.07, 6.45) is 0.740. The minimum atomic E-state index is -0.484. The van der Waals surface area contributed by atoms with Crippen molar-refractivity contribution in [2.24, 2.45) is 29.6 Å². The number of thiazole rings is 1. The fourth-order valence-corrected chi connectivity index (χ4v) is 11.0. The zero-order valence-electron chi connectivity index (χ0n) is 24.1. The van der Waals surface area contributed by atoms with Crippen LogP contribution >= 0.6 is 23.1 Å². The molecule has 228 valence electrons. The number of aromatic amines is 1. The van der Waals surface area contributed by atoms with Crippen molar-refractivity contribution >= 4 is 52.2 Å². The summed E-state index contributed by atoms with van der Waals surface area (Å²) in [6.45, 7) is 1.72. The Bertz CT molecular complexity index is 1920. The molecule has 7 atom stereocenters. The van der Waals surface area contributed by atoms with Gasteiger partial charge in [-0.05, 0) is 73.1 Å². The average molecular weight is 642 g/mol. The van der Waals surface area contributed by atoms with Gasteiger partial charge < -0.3 is 15.0 Å². The second-order valence-corrected chi connectivity index (χ2v) is 14.3. The molecule has 3 fully saturated rings. The van der Waals surface area contributed by atoms with Crippen molar-refractivity contribution in [1.29, 1.82) is 0 Å². The summed E-state index contributed by atoms with van der Waals surface area (Å²) in [5.74, 6) is -2.02. The predicted octanol–water partition coefficient (Wildman–Crippen LogP) is 5.58. The van der Waals surface area contributed by atoms with Gasteiger partial charge in [-0.1, -0.05) is 47.7 Å². The number of thioether (sulfide) groups is 1. The molecular formula is C34H28FN3O5S2. The highest BCUT2D eigenvalue weighted by Gasteiger charge is 2.69. The predicted molar refractivity (Wildman–Crippen MR) is 169 cm³/mol. The largest absolute Gasteiger partial charge is 0.483 e. The molecule has 4 aromatic rings. The number of rotatable bonds is 6. The molecule has 11 heteroatoms. The van der Waals surface area contributed by atoms with Crippen molar-refractivity contribution in [2.45, 2.75) is 29.5 Å². The molecule has 2 aliphatic heterocycles. The first kappa shape index (κ1) is 28.3. The van der Waals surface area contributed by atoms with Gasteiger partial charge in [-0.15, -0.1) is 11.8 Å². The van der Waals surface area contributed by atoms with Crippen LogP contribution in [0.3, 0.4) is 0 Å². The van der Waals surface area contributed by atoms with Crippen LogP contribution in [0, 0.1) is 42.3 Å². The highest BCUT2D eigenvalue weighted by molar-refractivity contribution is 8.00. The first-order chi connectivity index (χ1) is 21.8. The Morgan fingerprint density at radius 3 is 2.47 bits per heavy atom. The minimum absolute atomic E-state index is 0.00123. The molecule has 0 spiro atoms. The van der Waals surface area contributed by atoms with Crippen LogP contribution in [0.25, 0.3) is 0 Å². The summed E-state index contributed by atoms with van der Waals surface area (Å²) in [4.78, 5) is 58.3. The number of carbonyl (C=O) groups excluding carboxylic acids is 3. The van der Waals surface area contributed by atoms with Crippen molar-refractivity contribution < 1.29 is 23.5 Å². The summed E-state index contributed by atoms with van der Waals surface area (Å²) in [5.41, 5.74) is 2.90. The lowest BCUT2D eigenvalue weighted by atomic mass is 9.68. The SMILES string of the molecule is Cc1ccccc1NC(=O)COc1ccccc1[C@H]1c2sc(=O)[nH]c2SC2C1[C@H]1C[C@@H]2C2C(=O)N(c3ccc(F)cc3)C(=O)C21. The van der Waals surface area contributed by atoms with Gasteiger partial charge in [0.05, 0.1) is 22.5 Å². The second-order valence-electron chi connectivity index (χ2n) is 12.1. The number of benzene rings is 3. The monoisotopic (exact) mass is 641 g/mol. The number of imide groups is 1. The Kier molecular flexibility index (Phi) is 6.72. The Hall–Kier alpha value is -4.22. The van der Waals surface area contributed by atoms with Crippen molar-refractivity contribution in [2.75, 3.05) is 16.8 Å². The molecule has 3 aromatic carbocycles. The third-order valence-corrected chi connectivity index (χ3v) is 12.4. The van der Waals surface area contributed by atoms with Gasteiger partial charge in [0.15, 0.2) is 6.61 Å². The maximum atomic E-state index is 13.9. The number of amides is 3. The van der Waals surface area contributed by atoms with E-state index in [1.54, 1.807) is 11.8 Å². The molecule has 0 radical (unpaired) electrons. The fraction of sp³-hybridized carbons (Fsp3) is 0.294. The van der Waals surface area contributed by atoms with E-state index in [1.807, 2.05) is 55.5 Å². The number of aromatic nitrogens is 1. The summed E-state index contributed by atoms with van der Waals surface area (Å²) >= 11 is 2.77. The molecule has 2 N–H and O–H groups in total. The topological polar surface area (TPSA) is 109 Å². The standard InChI is InChI=1S/C34H28FN3O5S2/c1-16-6-2-4-8-22(16)36-24(39)15-43-23-9-5-3-7-19(23)25-26-20-14-21(29(26)44-31-30(25)45-34(42)37-31)28-27(20)32(40)38(33(28)41)18-12-10-17(35)11-13-18/h2-13,20-21,25-29H,14-15H2,1H3,(H,36,39)(H,37,42)/t20-,21-,25-,26?,27?,28?,29?/m1/s1. The number of hydrogen-bond acceptors (Lipinski definition) is 7. The van der Waals surface area contributed by atoms with Crippen molar-refractivity contribution in [1.82, 2.24) is 4.98 Å². The zero-order chi connectivity index (χ0) is 31.0. The van der Waals surface area contributed by atoms with Gasteiger partial charge in [-0.2, -0.15) is 0 Å². The van der Waals surface area contributed by atoms with Gasteiger partial charge in [-0.25, -0.2) is 4.39 Å².